The summed E-state index contributed by atoms with van der Waals surface area (Å²) in [5, 5.41) is 2.77. The molecule has 0 radical (unpaired) electrons. The topological polar surface area (TPSA) is 79.0 Å². The monoisotopic (exact) mass is 439 g/mol. The van der Waals surface area contributed by atoms with Crippen LogP contribution in [0, 0.1) is 0 Å². The Morgan fingerprint density at radius 3 is 2.43 bits per heavy atom. The summed E-state index contributed by atoms with van der Waals surface area (Å²) < 4.78 is 5.50. The van der Waals surface area contributed by atoms with E-state index >= 15 is 0 Å². The number of carbonyl (C=O) groups is 3. The average Bonchev–Trinajstić information content (AvgIpc) is 3.16. The third-order valence-electron chi connectivity index (χ3n) is 4.79. The lowest BCUT2D eigenvalue weighted by Crippen LogP contribution is -2.35. The molecule has 4 rings (SSSR count). The number of likely N-dealkylation sites (N-methyl/N-ethyl adjacent to an activating group) is 1. The number of rotatable bonds is 4. The second-order valence-corrected chi connectivity index (χ2v) is 8.27. The number of thiocarbonyl (C=S) groups is 1. The fourth-order valence-electron chi connectivity index (χ4n) is 3.27. The number of methoxy groups -OCH3 is 1. The first-order chi connectivity index (χ1) is 14.4. The Bertz CT molecular complexity index is 1110. The van der Waals surface area contributed by atoms with Crippen molar-refractivity contribution in [3.8, 4) is 5.75 Å². The summed E-state index contributed by atoms with van der Waals surface area (Å²) >= 11 is 6.30. The van der Waals surface area contributed by atoms with Crippen molar-refractivity contribution < 1.29 is 19.1 Å². The molecule has 2 aromatic rings. The Morgan fingerprint density at radius 1 is 1.10 bits per heavy atom. The number of nitrogens with zero attached hydrogens (tertiary/aromatic N) is 2. The quantitative estimate of drug-likeness (QED) is 0.583. The highest BCUT2D eigenvalue weighted by molar-refractivity contribution is 8.26. The highest BCUT2D eigenvalue weighted by Gasteiger charge is 2.41. The number of nitrogens with one attached hydrogen (secondary N) is 1. The minimum Gasteiger partial charge on any atom is -0.497 e. The molecular weight excluding hydrogens is 422 g/mol. The Labute approximate surface area is 182 Å². The number of benzene rings is 2. The second kappa shape index (κ2) is 7.92. The van der Waals surface area contributed by atoms with Crippen LogP contribution in [-0.4, -0.2) is 47.6 Å². The molecule has 1 saturated heterocycles. The van der Waals surface area contributed by atoms with Crippen molar-refractivity contribution >= 4 is 63.0 Å². The third-order valence-corrected chi connectivity index (χ3v) is 6.34. The zero-order valence-corrected chi connectivity index (χ0v) is 17.8. The van der Waals surface area contributed by atoms with Gasteiger partial charge in [0.25, 0.3) is 11.8 Å². The van der Waals surface area contributed by atoms with Crippen molar-refractivity contribution in [2.45, 2.75) is 0 Å². The van der Waals surface area contributed by atoms with Crippen molar-refractivity contribution in [1.29, 1.82) is 0 Å². The van der Waals surface area contributed by atoms with Crippen LogP contribution in [-0.2, 0) is 14.4 Å². The SMILES string of the molecule is COc1ccc(NC(=O)CN2C(=O)/C(=C3\SC(=S)N(C)C3=O)c3ccccc32)cc1. The van der Waals surface area contributed by atoms with Crippen molar-refractivity contribution in [3.05, 3.63) is 59.0 Å². The van der Waals surface area contributed by atoms with Gasteiger partial charge < -0.3 is 10.1 Å². The van der Waals surface area contributed by atoms with E-state index in [0.29, 0.717) is 27.0 Å². The molecule has 0 unspecified atom stereocenters. The highest BCUT2D eigenvalue weighted by Crippen LogP contribution is 2.44. The molecule has 2 aromatic carbocycles. The molecular formula is C21H17N3O4S2. The number of anilines is 2. The summed E-state index contributed by atoms with van der Waals surface area (Å²) in [4.78, 5) is 41.4. The predicted octanol–water partition coefficient (Wildman–Crippen LogP) is 2.88. The van der Waals surface area contributed by atoms with Crippen LogP contribution in [0.15, 0.2) is 53.4 Å². The highest BCUT2D eigenvalue weighted by atomic mass is 32.2. The molecule has 9 heteroatoms. The van der Waals surface area contributed by atoms with Gasteiger partial charge in [-0.3, -0.25) is 24.2 Å². The van der Waals surface area contributed by atoms with E-state index in [1.165, 1.54) is 9.80 Å². The first kappa shape index (κ1) is 20.1. The lowest BCUT2D eigenvalue weighted by atomic mass is 10.1. The molecule has 0 bridgehead atoms. The van der Waals surface area contributed by atoms with Gasteiger partial charge in [-0.1, -0.05) is 42.2 Å². The van der Waals surface area contributed by atoms with Gasteiger partial charge in [0.2, 0.25) is 5.91 Å². The fourth-order valence-corrected chi connectivity index (χ4v) is 4.52. The van der Waals surface area contributed by atoms with Crippen LogP contribution in [0.1, 0.15) is 5.56 Å². The maximum Gasteiger partial charge on any atom is 0.266 e. The largest absolute Gasteiger partial charge is 0.497 e. The first-order valence-electron chi connectivity index (χ1n) is 9.00. The Balaban J connectivity index is 1.62. The Kier molecular flexibility index (Phi) is 5.31. The summed E-state index contributed by atoms with van der Waals surface area (Å²) in [6, 6.07) is 14.0. The van der Waals surface area contributed by atoms with Gasteiger partial charge in [-0.15, -0.1) is 0 Å². The molecule has 3 amide bonds. The maximum atomic E-state index is 13.2. The summed E-state index contributed by atoms with van der Waals surface area (Å²) in [5.41, 5.74) is 2.08. The van der Waals surface area contributed by atoms with E-state index in [1.807, 2.05) is 0 Å². The van der Waals surface area contributed by atoms with Crippen molar-refractivity contribution in [3.63, 3.8) is 0 Å². The number of amides is 3. The summed E-state index contributed by atoms with van der Waals surface area (Å²) in [5.74, 6) is -0.384. The maximum absolute atomic E-state index is 13.2. The van der Waals surface area contributed by atoms with Crippen LogP contribution in [0.5, 0.6) is 5.75 Å². The van der Waals surface area contributed by atoms with Gasteiger partial charge in [-0.25, -0.2) is 0 Å². The number of fused-ring (bicyclic) bond motifs is 1. The van der Waals surface area contributed by atoms with Gasteiger partial charge in [0.05, 0.1) is 23.3 Å². The number of ether oxygens (including phenoxy) is 1. The minimum absolute atomic E-state index is 0.183. The molecule has 2 heterocycles. The normalized spacial score (nSPS) is 18.1. The molecule has 0 spiro atoms. The van der Waals surface area contributed by atoms with Crippen molar-refractivity contribution in [1.82, 2.24) is 4.90 Å². The number of thioether (sulfide) groups is 1. The number of carbonyl (C=O) groups excluding carboxylic acids is 3. The molecule has 1 N–H and O–H groups in total. The standard InChI is InChI=1S/C21H17N3O4S2/c1-23-20(27)18(30-21(23)29)17-14-5-3-4-6-15(14)24(19(17)26)11-16(25)22-12-7-9-13(28-2)10-8-12/h3-10H,11H2,1-2H3,(H,22,25)/b18-17-. The third kappa shape index (κ3) is 3.46. The van der Waals surface area contributed by atoms with Gasteiger partial charge in [0.1, 0.15) is 16.6 Å². The van der Waals surface area contributed by atoms with Crippen LogP contribution in [0.2, 0.25) is 0 Å². The van der Waals surface area contributed by atoms with Crippen LogP contribution in [0.25, 0.3) is 5.57 Å². The van der Waals surface area contributed by atoms with Crippen LogP contribution in [0.4, 0.5) is 11.4 Å². The molecule has 0 aromatic heterocycles. The smallest absolute Gasteiger partial charge is 0.266 e. The van der Waals surface area contributed by atoms with E-state index in [2.05, 4.69) is 5.32 Å². The van der Waals surface area contributed by atoms with Gasteiger partial charge in [-0.05, 0) is 30.3 Å². The van der Waals surface area contributed by atoms with Gasteiger partial charge in [0.15, 0.2) is 0 Å². The molecule has 0 saturated carbocycles. The molecule has 1 fully saturated rings. The van der Waals surface area contributed by atoms with Gasteiger partial charge >= 0.3 is 0 Å². The summed E-state index contributed by atoms with van der Waals surface area (Å²) in [6.45, 7) is -0.183. The zero-order valence-electron chi connectivity index (χ0n) is 16.2. The van der Waals surface area contributed by atoms with Crippen molar-refractivity contribution in [2.24, 2.45) is 0 Å². The number of para-hydroxylation sites is 1. The molecule has 30 heavy (non-hydrogen) atoms. The molecule has 2 aliphatic rings. The van der Waals surface area contributed by atoms with Crippen LogP contribution < -0.4 is 15.0 Å². The predicted molar refractivity (Wildman–Crippen MR) is 120 cm³/mol. The van der Waals surface area contributed by atoms with E-state index < -0.39 is 5.91 Å². The average molecular weight is 440 g/mol. The van der Waals surface area contributed by atoms with E-state index in [-0.39, 0.29) is 28.8 Å². The lowest BCUT2D eigenvalue weighted by molar-refractivity contribution is -0.121. The summed E-state index contributed by atoms with van der Waals surface area (Å²) in [7, 11) is 3.14. The lowest BCUT2D eigenvalue weighted by Gasteiger charge is -2.17. The second-order valence-electron chi connectivity index (χ2n) is 6.62. The molecule has 152 valence electrons. The zero-order chi connectivity index (χ0) is 21.4. The Hall–Kier alpha value is -3.17. The number of hydrogen-bond donors (Lipinski definition) is 1. The van der Waals surface area contributed by atoms with E-state index in [4.69, 9.17) is 17.0 Å². The summed E-state index contributed by atoms with van der Waals surface area (Å²) in [6.07, 6.45) is 0. The van der Waals surface area contributed by atoms with E-state index in [0.717, 1.165) is 11.8 Å². The van der Waals surface area contributed by atoms with Gasteiger partial charge in [-0.2, -0.15) is 0 Å². The van der Waals surface area contributed by atoms with Crippen LogP contribution >= 0.6 is 24.0 Å². The van der Waals surface area contributed by atoms with Crippen LogP contribution in [0.3, 0.4) is 0 Å². The fraction of sp³-hybridized carbons (Fsp3) is 0.143. The molecule has 0 atom stereocenters. The number of hydrogen-bond acceptors (Lipinski definition) is 6. The molecule has 0 aliphatic carbocycles. The Morgan fingerprint density at radius 2 is 1.80 bits per heavy atom. The van der Waals surface area contributed by atoms with E-state index in [9.17, 15) is 14.4 Å². The van der Waals surface area contributed by atoms with Gasteiger partial charge in [0, 0.05) is 18.3 Å². The first-order valence-corrected chi connectivity index (χ1v) is 10.2. The van der Waals surface area contributed by atoms with E-state index in [1.54, 1.807) is 62.7 Å². The minimum atomic E-state index is -0.393. The molecule has 2 aliphatic heterocycles. The van der Waals surface area contributed by atoms with Crippen molar-refractivity contribution in [2.75, 3.05) is 30.9 Å². The molecule has 7 nitrogen and oxygen atoms in total.